The number of nitro groups is 1. The molecule has 3 rings (SSSR count). The summed E-state index contributed by atoms with van der Waals surface area (Å²) in [4.78, 5) is 35.6. The highest BCUT2D eigenvalue weighted by molar-refractivity contribution is 6.01. The summed E-state index contributed by atoms with van der Waals surface area (Å²) in [6, 6.07) is 6.30. The van der Waals surface area contributed by atoms with Crippen molar-refractivity contribution in [3.63, 3.8) is 0 Å². The number of nitrogens with one attached hydrogen (secondary N) is 1. The van der Waals surface area contributed by atoms with Crippen LogP contribution in [0.1, 0.15) is 23.7 Å². The summed E-state index contributed by atoms with van der Waals surface area (Å²) in [7, 11) is 0. The van der Waals surface area contributed by atoms with Gasteiger partial charge in [0.05, 0.1) is 4.92 Å². The van der Waals surface area contributed by atoms with E-state index in [9.17, 15) is 28.5 Å². The van der Waals surface area contributed by atoms with Crippen molar-refractivity contribution in [2.45, 2.75) is 19.4 Å². The Labute approximate surface area is 152 Å². The van der Waals surface area contributed by atoms with Gasteiger partial charge in [-0.25, -0.2) is 8.78 Å². The summed E-state index contributed by atoms with van der Waals surface area (Å²) < 4.78 is 27.9. The van der Waals surface area contributed by atoms with Crippen molar-refractivity contribution in [3.8, 4) is 0 Å². The molecule has 9 heteroatoms. The van der Waals surface area contributed by atoms with E-state index in [1.807, 2.05) is 0 Å². The van der Waals surface area contributed by atoms with Crippen molar-refractivity contribution in [1.29, 1.82) is 0 Å². The van der Waals surface area contributed by atoms with E-state index in [2.05, 4.69) is 5.32 Å². The molecule has 7 nitrogen and oxygen atoms in total. The SMILES string of the molecule is CC(=O)c1ccc(NC2CCN(c3c(F)cccc3F)C2=O)c([N+](=O)[O-])c1. The van der Waals surface area contributed by atoms with Crippen LogP contribution in [-0.4, -0.2) is 29.2 Å². The molecule has 1 aliphatic rings. The normalized spacial score (nSPS) is 16.5. The van der Waals surface area contributed by atoms with E-state index in [0.29, 0.717) is 0 Å². The van der Waals surface area contributed by atoms with Gasteiger partial charge in [0.15, 0.2) is 5.78 Å². The largest absolute Gasteiger partial charge is 0.368 e. The maximum Gasteiger partial charge on any atom is 0.293 e. The minimum Gasteiger partial charge on any atom is -0.368 e. The molecule has 1 atom stereocenters. The van der Waals surface area contributed by atoms with E-state index in [-0.39, 0.29) is 35.7 Å². The minimum atomic E-state index is -0.883. The zero-order valence-electron chi connectivity index (χ0n) is 14.2. The summed E-state index contributed by atoms with van der Waals surface area (Å²) in [5.74, 6) is -2.65. The Kier molecular flexibility index (Phi) is 4.85. The number of nitro benzene ring substituents is 1. The lowest BCUT2D eigenvalue weighted by Crippen LogP contribution is -2.34. The van der Waals surface area contributed by atoms with Crippen LogP contribution in [-0.2, 0) is 4.79 Å². The number of amides is 1. The van der Waals surface area contributed by atoms with E-state index in [0.717, 1.165) is 23.1 Å². The van der Waals surface area contributed by atoms with Gasteiger partial charge in [-0.15, -0.1) is 0 Å². The molecule has 2 aromatic carbocycles. The molecule has 0 aliphatic carbocycles. The zero-order valence-corrected chi connectivity index (χ0v) is 14.2. The van der Waals surface area contributed by atoms with E-state index >= 15 is 0 Å². The minimum absolute atomic E-state index is 0.0548. The molecule has 0 radical (unpaired) electrons. The number of carbonyl (C=O) groups is 2. The molecular weight excluding hydrogens is 360 g/mol. The molecule has 1 heterocycles. The van der Waals surface area contributed by atoms with Gasteiger partial charge in [-0.1, -0.05) is 6.07 Å². The Morgan fingerprint density at radius 1 is 1.26 bits per heavy atom. The van der Waals surface area contributed by atoms with Gasteiger partial charge in [0, 0.05) is 18.2 Å². The average Bonchev–Trinajstić information content (AvgIpc) is 2.95. The number of rotatable bonds is 5. The summed E-state index contributed by atoms with van der Waals surface area (Å²) in [6.45, 7) is 1.35. The van der Waals surface area contributed by atoms with Gasteiger partial charge < -0.3 is 10.2 Å². The predicted molar refractivity (Wildman–Crippen MR) is 93.8 cm³/mol. The lowest BCUT2D eigenvalue weighted by atomic mass is 10.1. The van der Waals surface area contributed by atoms with Gasteiger partial charge in [-0.05, 0) is 37.6 Å². The smallest absolute Gasteiger partial charge is 0.293 e. The highest BCUT2D eigenvalue weighted by Crippen LogP contribution is 2.31. The van der Waals surface area contributed by atoms with Crippen molar-refractivity contribution >= 4 is 28.8 Å². The van der Waals surface area contributed by atoms with Crippen LogP contribution in [0.4, 0.5) is 25.8 Å². The first-order valence-electron chi connectivity index (χ1n) is 8.11. The summed E-state index contributed by atoms with van der Waals surface area (Å²) in [5.41, 5.74) is -0.571. The third kappa shape index (κ3) is 3.48. The summed E-state index contributed by atoms with van der Waals surface area (Å²) in [5, 5.41) is 14.0. The van der Waals surface area contributed by atoms with Gasteiger partial charge >= 0.3 is 0 Å². The van der Waals surface area contributed by atoms with Gasteiger partial charge in [0.1, 0.15) is 29.1 Å². The third-order valence-corrected chi connectivity index (χ3v) is 4.34. The van der Waals surface area contributed by atoms with E-state index < -0.39 is 34.2 Å². The fourth-order valence-electron chi connectivity index (χ4n) is 2.99. The second kappa shape index (κ2) is 7.10. The number of ketones is 1. The second-order valence-electron chi connectivity index (χ2n) is 6.09. The number of hydrogen-bond donors (Lipinski definition) is 1. The lowest BCUT2D eigenvalue weighted by Gasteiger charge is -2.19. The number of hydrogen-bond acceptors (Lipinski definition) is 5. The maximum atomic E-state index is 13.9. The van der Waals surface area contributed by atoms with Crippen molar-refractivity contribution in [2.24, 2.45) is 0 Å². The molecule has 1 unspecified atom stereocenters. The Morgan fingerprint density at radius 2 is 1.93 bits per heavy atom. The number of anilines is 2. The van der Waals surface area contributed by atoms with Crippen LogP contribution in [0, 0.1) is 21.7 Å². The number of Topliss-reactive ketones (excluding diaryl/α,β-unsaturated/α-hetero) is 1. The monoisotopic (exact) mass is 375 g/mol. The quantitative estimate of drug-likeness (QED) is 0.492. The maximum absolute atomic E-state index is 13.9. The molecule has 1 amide bonds. The van der Waals surface area contributed by atoms with Crippen molar-refractivity contribution in [1.82, 2.24) is 0 Å². The standard InChI is InChI=1S/C18H15F2N3O4/c1-10(24)11-5-6-14(16(9-11)23(26)27)21-15-7-8-22(18(15)25)17-12(19)3-2-4-13(17)20/h2-6,9,15,21H,7-8H2,1H3. The van der Waals surface area contributed by atoms with Crippen LogP contribution >= 0.6 is 0 Å². The van der Waals surface area contributed by atoms with Crippen LogP contribution in [0.2, 0.25) is 0 Å². The molecule has 1 fully saturated rings. The molecule has 27 heavy (non-hydrogen) atoms. The second-order valence-corrected chi connectivity index (χ2v) is 6.09. The Balaban J connectivity index is 1.87. The van der Waals surface area contributed by atoms with Crippen LogP contribution in [0.5, 0.6) is 0 Å². The van der Waals surface area contributed by atoms with Gasteiger partial charge in [-0.3, -0.25) is 19.7 Å². The van der Waals surface area contributed by atoms with E-state index in [1.54, 1.807) is 0 Å². The fraction of sp³-hybridized carbons (Fsp3) is 0.222. The van der Waals surface area contributed by atoms with E-state index in [1.165, 1.54) is 25.1 Å². The first-order valence-corrected chi connectivity index (χ1v) is 8.11. The zero-order chi connectivity index (χ0) is 19.7. The molecule has 0 aromatic heterocycles. The summed E-state index contributed by atoms with van der Waals surface area (Å²) >= 11 is 0. The molecule has 0 bridgehead atoms. The molecule has 1 N–H and O–H groups in total. The number of para-hydroxylation sites is 1. The first-order chi connectivity index (χ1) is 12.8. The number of halogens is 2. The van der Waals surface area contributed by atoms with Crippen molar-refractivity contribution in [2.75, 3.05) is 16.8 Å². The third-order valence-electron chi connectivity index (χ3n) is 4.34. The summed E-state index contributed by atoms with van der Waals surface area (Å²) in [6.07, 6.45) is 0.207. The lowest BCUT2D eigenvalue weighted by molar-refractivity contribution is -0.384. The average molecular weight is 375 g/mol. The molecule has 2 aromatic rings. The molecule has 140 valence electrons. The van der Waals surface area contributed by atoms with Gasteiger partial charge in [0.2, 0.25) is 5.91 Å². The Morgan fingerprint density at radius 3 is 2.52 bits per heavy atom. The van der Waals surface area contributed by atoms with Crippen LogP contribution < -0.4 is 10.2 Å². The first kappa shape index (κ1) is 18.4. The van der Waals surface area contributed by atoms with Crippen molar-refractivity contribution < 1.29 is 23.3 Å². The number of carbonyl (C=O) groups excluding carboxylic acids is 2. The highest BCUT2D eigenvalue weighted by Gasteiger charge is 2.36. The number of benzene rings is 2. The molecule has 0 spiro atoms. The van der Waals surface area contributed by atoms with Gasteiger partial charge in [0.25, 0.3) is 5.69 Å². The number of nitrogens with zero attached hydrogens (tertiary/aromatic N) is 2. The predicted octanol–water partition coefficient (Wildman–Crippen LogP) is 3.29. The fourth-order valence-corrected chi connectivity index (χ4v) is 2.99. The molecule has 1 aliphatic heterocycles. The van der Waals surface area contributed by atoms with Crippen LogP contribution in [0.3, 0.4) is 0 Å². The molecule has 1 saturated heterocycles. The van der Waals surface area contributed by atoms with E-state index in [4.69, 9.17) is 0 Å². The Hall–Kier alpha value is -3.36. The molecule has 0 saturated carbocycles. The van der Waals surface area contributed by atoms with Crippen LogP contribution in [0.15, 0.2) is 36.4 Å². The van der Waals surface area contributed by atoms with Crippen molar-refractivity contribution in [3.05, 3.63) is 63.7 Å². The highest BCUT2D eigenvalue weighted by atomic mass is 19.1. The van der Waals surface area contributed by atoms with Crippen LogP contribution in [0.25, 0.3) is 0 Å². The topological polar surface area (TPSA) is 92.6 Å². The molecular formula is C18H15F2N3O4. The van der Waals surface area contributed by atoms with Gasteiger partial charge in [-0.2, -0.15) is 0 Å². The Bertz CT molecular complexity index is 928.